The van der Waals surface area contributed by atoms with Crippen LogP contribution in [0.1, 0.15) is 37.9 Å². The van der Waals surface area contributed by atoms with E-state index in [4.69, 9.17) is 0 Å². The number of carbonyl (C=O) groups is 1. The van der Waals surface area contributed by atoms with Crippen LogP contribution in [0.25, 0.3) is 0 Å². The van der Waals surface area contributed by atoms with Crippen molar-refractivity contribution < 1.29 is 13.6 Å². The second kappa shape index (κ2) is 7.90. The number of hydrogen-bond donors (Lipinski definition) is 2. The lowest BCUT2D eigenvalue weighted by atomic mass is 10.1. The van der Waals surface area contributed by atoms with Crippen molar-refractivity contribution in [3.8, 4) is 0 Å². The zero-order valence-electron chi connectivity index (χ0n) is 14.1. The number of rotatable bonds is 6. The van der Waals surface area contributed by atoms with E-state index in [9.17, 15) is 13.6 Å². The number of halogens is 2. The third-order valence-electron chi connectivity index (χ3n) is 3.60. The van der Waals surface area contributed by atoms with Gasteiger partial charge in [0.05, 0.1) is 6.42 Å². The summed E-state index contributed by atoms with van der Waals surface area (Å²) in [6, 6.07) is 11.3. The summed E-state index contributed by atoms with van der Waals surface area (Å²) in [5.41, 5.74) is 2.42. The number of hydrogen-bond acceptors (Lipinski definition) is 2. The molecule has 0 fully saturated rings. The highest BCUT2D eigenvalue weighted by Crippen LogP contribution is 2.21. The van der Waals surface area contributed by atoms with E-state index in [1.54, 1.807) is 6.07 Å². The van der Waals surface area contributed by atoms with Crippen LogP contribution in [0.15, 0.2) is 42.5 Å². The average Bonchev–Trinajstić information content (AvgIpc) is 2.51. The zero-order valence-corrected chi connectivity index (χ0v) is 14.1. The predicted molar refractivity (Wildman–Crippen MR) is 91.8 cm³/mol. The van der Waals surface area contributed by atoms with E-state index in [0.29, 0.717) is 12.0 Å². The fourth-order valence-electron chi connectivity index (χ4n) is 2.39. The summed E-state index contributed by atoms with van der Waals surface area (Å²) in [5.74, 6) is -1.72. The molecular formula is C19H22F2N2O. The van der Waals surface area contributed by atoms with E-state index >= 15 is 0 Å². The Balaban J connectivity index is 1.98. The summed E-state index contributed by atoms with van der Waals surface area (Å²) in [5, 5.41) is 6.08. The molecular weight excluding hydrogens is 310 g/mol. The maximum atomic E-state index is 13.3. The Labute approximate surface area is 141 Å². The van der Waals surface area contributed by atoms with E-state index in [1.807, 2.05) is 45.0 Å². The summed E-state index contributed by atoms with van der Waals surface area (Å²) in [4.78, 5) is 11.7. The summed E-state index contributed by atoms with van der Waals surface area (Å²) in [7, 11) is 0. The van der Waals surface area contributed by atoms with Crippen molar-refractivity contribution in [2.75, 3.05) is 5.32 Å². The van der Waals surface area contributed by atoms with Crippen LogP contribution in [-0.4, -0.2) is 11.9 Å². The van der Waals surface area contributed by atoms with Crippen LogP contribution in [0.2, 0.25) is 0 Å². The highest BCUT2D eigenvalue weighted by Gasteiger charge is 2.10. The fourth-order valence-corrected chi connectivity index (χ4v) is 2.39. The minimum absolute atomic E-state index is 0.0131. The van der Waals surface area contributed by atoms with Gasteiger partial charge in [-0.05, 0) is 56.2 Å². The molecule has 0 radical (unpaired) electrons. The molecule has 2 aromatic rings. The van der Waals surface area contributed by atoms with E-state index in [2.05, 4.69) is 10.6 Å². The maximum Gasteiger partial charge on any atom is 0.224 e. The molecule has 0 unspecified atom stereocenters. The first-order valence-electron chi connectivity index (χ1n) is 7.95. The number of amides is 1. The van der Waals surface area contributed by atoms with E-state index in [-0.39, 0.29) is 18.0 Å². The smallest absolute Gasteiger partial charge is 0.224 e. The molecule has 0 aliphatic rings. The first-order valence-corrected chi connectivity index (χ1v) is 7.95. The molecule has 3 nitrogen and oxygen atoms in total. The molecule has 24 heavy (non-hydrogen) atoms. The Morgan fingerprint density at radius 3 is 2.25 bits per heavy atom. The number of carbonyl (C=O) groups excluding carboxylic acids is 1. The second-order valence-corrected chi connectivity index (χ2v) is 6.14. The van der Waals surface area contributed by atoms with Gasteiger partial charge in [-0.25, -0.2) is 8.78 Å². The third-order valence-corrected chi connectivity index (χ3v) is 3.60. The lowest BCUT2D eigenvalue weighted by Gasteiger charge is -2.16. The average molecular weight is 332 g/mol. The topological polar surface area (TPSA) is 41.1 Å². The standard InChI is InChI=1S/C19H22F2N2O/c1-12(2)22-19(24)10-14-4-7-16(8-5-14)23-13(3)15-6-9-17(20)18(21)11-15/h4-9,11-13,23H,10H2,1-3H3,(H,22,24)/t13-/m1/s1. The Morgan fingerprint density at radius 2 is 1.67 bits per heavy atom. The van der Waals surface area contributed by atoms with Crippen LogP contribution in [-0.2, 0) is 11.2 Å². The molecule has 128 valence electrons. The molecule has 0 saturated carbocycles. The number of anilines is 1. The van der Waals surface area contributed by atoms with Crippen molar-refractivity contribution in [3.05, 3.63) is 65.2 Å². The van der Waals surface area contributed by atoms with Crippen LogP contribution in [0, 0.1) is 11.6 Å². The van der Waals surface area contributed by atoms with Gasteiger partial charge in [0.1, 0.15) is 0 Å². The summed E-state index contributed by atoms with van der Waals surface area (Å²) in [6.07, 6.45) is 0.331. The fraction of sp³-hybridized carbons (Fsp3) is 0.316. The van der Waals surface area contributed by atoms with Gasteiger partial charge in [0.2, 0.25) is 5.91 Å². The molecule has 0 heterocycles. The molecule has 2 aromatic carbocycles. The highest BCUT2D eigenvalue weighted by molar-refractivity contribution is 5.78. The van der Waals surface area contributed by atoms with E-state index < -0.39 is 11.6 Å². The molecule has 0 aliphatic heterocycles. The Kier molecular flexibility index (Phi) is 5.90. The van der Waals surface area contributed by atoms with Gasteiger partial charge in [0, 0.05) is 17.8 Å². The van der Waals surface area contributed by atoms with Crippen LogP contribution in [0.4, 0.5) is 14.5 Å². The molecule has 0 aromatic heterocycles. The van der Waals surface area contributed by atoms with Gasteiger partial charge < -0.3 is 10.6 Å². The molecule has 2 rings (SSSR count). The minimum Gasteiger partial charge on any atom is -0.379 e. The normalized spacial score (nSPS) is 12.1. The molecule has 0 aliphatic carbocycles. The molecule has 0 bridgehead atoms. The SMILES string of the molecule is CC(C)NC(=O)Cc1ccc(N[C@H](C)c2ccc(F)c(F)c2)cc1. The van der Waals surface area contributed by atoms with Crippen molar-refractivity contribution in [1.82, 2.24) is 5.32 Å². The monoisotopic (exact) mass is 332 g/mol. The number of benzene rings is 2. The third kappa shape index (κ3) is 5.05. The first kappa shape index (κ1) is 17.9. The summed E-state index contributed by atoms with van der Waals surface area (Å²) >= 11 is 0. The first-order chi connectivity index (χ1) is 11.3. The zero-order chi connectivity index (χ0) is 17.7. The van der Waals surface area contributed by atoms with Gasteiger partial charge in [-0.1, -0.05) is 18.2 Å². The van der Waals surface area contributed by atoms with Crippen molar-refractivity contribution >= 4 is 11.6 Å². The molecule has 5 heteroatoms. The molecule has 0 spiro atoms. The van der Waals surface area contributed by atoms with Gasteiger partial charge in [-0.3, -0.25) is 4.79 Å². The molecule has 1 atom stereocenters. The second-order valence-electron chi connectivity index (χ2n) is 6.14. The highest BCUT2D eigenvalue weighted by atomic mass is 19.2. The van der Waals surface area contributed by atoms with Gasteiger partial charge >= 0.3 is 0 Å². The minimum atomic E-state index is -0.854. The van der Waals surface area contributed by atoms with E-state index in [1.165, 1.54) is 6.07 Å². The Morgan fingerprint density at radius 1 is 1.00 bits per heavy atom. The van der Waals surface area contributed by atoms with Gasteiger partial charge in [-0.15, -0.1) is 0 Å². The lowest BCUT2D eigenvalue weighted by Crippen LogP contribution is -2.31. The van der Waals surface area contributed by atoms with Crippen molar-refractivity contribution in [3.63, 3.8) is 0 Å². The van der Waals surface area contributed by atoms with Crippen LogP contribution in [0.5, 0.6) is 0 Å². The Hall–Kier alpha value is -2.43. The largest absolute Gasteiger partial charge is 0.379 e. The summed E-state index contributed by atoms with van der Waals surface area (Å²) in [6.45, 7) is 5.71. The number of nitrogens with one attached hydrogen (secondary N) is 2. The van der Waals surface area contributed by atoms with Crippen LogP contribution in [0.3, 0.4) is 0 Å². The van der Waals surface area contributed by atoms with Crippen LogP contribution < -0.4 is 10.6 Å². The summed E-state index contributed by atoms with van der Waals surface area (Å²) < 4.78 is 26.3. The molecule has 1 amide bonds. The van der Waals surface area contributed by atoms with Gasteiger partial charge in [-0.2, -0.15) is 0 Å². The van der Waals surface area contributed by atoms with Crippen molar-refractivity contribution in [2.24, 2.45) is 0 Å². The van der Waals surface area contributed by atoms with Gasteiger partial charge in [0.15, 0.2) is 11.6 Å². The molecule has 2 N–H and O–H groups in total. The van der Waals surface area contributed by atoms with E-state index in [0.717, 1.165) is 17.3 Å². The lowest BCUT2D eigenvalue weighted by molar-refractivity contribution is -0.120. The quantitative estimate of drug-likeness (QED) is 0.832. The molecule has 0 saturated heterocycles. The van der Waals surface area contributed by atoms with Crippen molar-refractivity contribution in [2.45, 2.75) is 39.3 Å². The Bertz CT molecular complexity index is 699. The van der Waals surface area contributed by atoms with Crippen molar-refractivity contribution in [1.29, 1.82) is 0 Å². The predicted octanol–water partition coefficient (Wildman–Crippen LogP) is 4.21. The van der Waals surface area contributed by atoms with Crippen LogP contribution >= 0.6 is 0 Å². The maximum absolute atomic E-state index is 13.3. The van der Waals surface area contributed by atoms with Gasteiger partial charge in [0.25, 0.3) is 0 Å².